The number of esters is 2. The van der Waals surface area contributed by atoms with Crippen molar-refractivity contribution in [2.24, 2.45) is 0 Å². The smallest absolute Gasteiger partial charge is 0.387 e. The molecule has 0 radical (unpaired) electrons. The van der Waals surface area contributed by atoms with Gasteiger partial charge in [-0.3, -0.25) is 4.79 Å². The normalized spacial score (nSPS) is 16.9. The first-order valence-corrected chi connectivity index (χ1v) is 26.8. The van der Waals surface area contributed by atoms with E-state index in [9.17, 15) is 45.1 Å². The highest BCUT2D eigenvalue weighted by atomic mass is 19.3. The molecular weight excluding hydrogens is 1080 g/mol. The van der Waals surface area contributed by atoms with Gasteiger partial charge >= 0.3 is 18.6 Å². The molecule has 0 aliphatic carbocycles. The number of rotatable bonds is 13. The van der Waals surface area contributed by atoms with Gasteiger partial charge in [-0.15, -0.1) is 0 Å². The van der Waals surface area contributed by atoms with Crippen molar-refractivity contribution in [2.45, 2.75) is 84.0 Å². The summed E-state index contributed by atoms with van der Waals surface area (Å²) in [6, 6.07) is 21.1. The van der Waals surface area contributed by atoms with Crippen molar-refractivity contribution in [3.8, 4) is 5.75 Å². The minimum Gasteiger partial charge on any atom is -0.462 e. The van der Waals surface area contributed by atoms with Crippen LogP contribution in [0.3, 0.4) is 0 Å². The van der Waals surface area contributed by atoms with E-state index in [-0.39, 0.29) is 42.9 Å². The van der Waals surface area contributed by atoms with Crippen molar-refractivity contribution >= 4 is 51.3 Å². The lowest BCUT2D eigenvalue weighted by molar-refractivity contribution is -0.0499. The van der Waals surface area contributed by atoms with E-state index in [4.69, 9.17) is 9.47 Å². The Morgan fingerprint density at radius 2 is 0.878 bits per heavy atom. The van der Waals surface area contributed by atoms with Gasteiger partial charge in [-0.1, -0.05) is 0 Å². The van der Waals surface area contributed by atoms with Gasteiger partial charge in [0.05, 0.1) is 72.0 Å². The molecule has 1 unspecified atom stereocenters. The predicted octanol–water partition coefficient (Wildman–Crippen LogP) is 12.9. The van der Waals surface area contributed by atoms with Crippen LogP contribution in [-0.2, 0) is 9.47 Å². The number of aromatic nitrogens is 6. The summed E-state index contributed by atoms with van der Waals surface area (Å²) >= 11 is 0. The third kappa shape index (κ3) is 11.8. The molecule has 426 valence electrons. The molecule has 3 aliphatic heterocycles. The van der Waals surface area contributed by atoms with E-state index in [0.29, 0.717) is 57.4 Å². The quantitative estimate of drug-likeness (QED) is 0.0616. The largest absolute Gasteiger partial charge is 0.462 e. The Hall–Kier alpha value is -8.95. The maximum absolute atomic E-state index is 14.6. The Balaban J connectivity index is 0.000000138. The molecular formula is C60H56F7N9O6. The number of halogens is 7. The number of carbonyl (C=O) groups excluding carboxylic acids is 3. The first-order valence-electron chi connectivity index (χ1n) is 26.8. The maximum atomic E-state index is 14.6. The SMILES string of the molecule is CC(=O)c1cnn2ccc(N3CCCC3c3cc(F)ccc3F)cc12.CCOC(=O)c1cnn2ccc(N3CCC[C@@H]3c3cc(F)ccc3F)cc12.CCOC(=O)c1cnn2ccc(N3CCC[C@@H]3c3cc(OC(F)F)ccc3F)cc12. The number of carbonyl (C=O) groups is 3. The van der Waals surface area contributed by atoms with Gasteiger partial charge in [0.25, 0.3) is 0 Å². The van der Waals surface area contributed by atoms with Crippen molar-refractivity contribution < 1.29 is 59.3 Å². The molecule has 82 heavy (non-hydrogen) atoms. The van der Waals surface area contributed by atoms with Crippen molar-refractivity contribution in [1.82, 2.24) is 28.8 Å². The number of anilines is 3. The van der Waals surface area contributed by atoms with Gasteiger partial charge in [0, 0.05) is 72.0 Å². The number of ketones is 1. The second kappa shape index (κ2) is 24.4. The molecule has 3 fully saturated rings. The van der Waals surface area contributed by atoms with E-state index < -0.39 is 47.6 Å². The summed E-state index contributed by atoms with van der Waals surface area (Å²) in [4.78, 5) is 42.2. The number of nitrogens with zero attached hydrogens (tertiary/aromatic N) is 9. The summed E-state index contributed by atoms with van der Waals surface area (Å²) in [5.41, 5.74) is 6.69. The van der Waals surface area contributed by atoms with E-state index in [0.717, 1.165) is 86.0 Å². The summed E-state index contributed by atoms with van der Waals surface area (Å²) in [5, 5.41) is 12.5. The summed E-state index contributed by atoms with van der Waals surface area (Å²) in [6.07, 6.45) is 14.4. The van der Waals surface area contributed by atoms with Gasteiger partial charge in [-0.05, 0) is 150 Å². The molecule has 6 aromatic heterocycles. The Labute approximate surface area is 466 Å². The number of alkyl halides is 2. The van der Waals surface area contributed by atoms with Gasteiger partial charge in [0.2, 0.25) is 0 Å². The van der Waals surface area contributed by atoms with Crippen molar-refractivity contribution in [2.75, 3.05) is 47.5 Å². The second-order valence-electron chi connectivity index (χ2n) is 19.8. The Kier molecular flexibility index (Phi) is 16.8. The van der Waals surface area contributed by atoms with Crippen LogP contribution < -0.4 is 19.4 Å². The molecule has 3 atom stereocenters. The third-order valence-electron chi connectivity index (χ3n) is 14.8. The summed E-state index contributed by atoms with van der Waals surface area (Å²) in [5.74, 6) is -3.21. The number of hydrogen-bond acceptors (Lipinski definition) is 12. The molecule has 0 amide bonds. The van der Waals surface area contributed by atoms with Crippen LogP contribution in [0.15, 0.2) is 128 Å². The number of hydrogen-bond donors (Lipinski definition) is 0. The monoisotopic (exact) mass is 1130 g/mol. The molecule has 15 nitrogen and oxygen atoms in total. The molecule has 0 bridgehead atoms. The zero-order valence-electron chi connectivity index (χ0n) is 44.8. The van der Waals surface area contributed by atoms with Gasteiger partial charge in [0.1, 0.15) is 46.0 Å². The van der Waals surface area contributed by atoms with Crippen LogP contribution in [0.4, 0.5) is 47.8 Å². The fraction of sp³-hybridized carbons (Fsp3) is 0.300. The topological polar surface area (TPSA) is 141 Å². The predicted molar refractivity (Wildman–Crippen MR) is 291 cm³/mol. The molecule has 3 aromatic carbocycles. The van der Waals surface area contributed by atoms with E-state index in [1.54, 1.807) is 58.2 Å². The second-order valence-corrected chi connectivity index (χ2v) is 19.8. The molecule has 9 heterocycles. The molecule has 22 heteroatoms. The molecule has 0 N–H and O–H groups in total. The van der Waals surface area contributed by atoms with Gasteiger partial charge in [-0.2, -0.15) is 24.1 Å². The lowest BCUT2D eigenvalue weighted by atomic mass is 10.0. The van der Waals surface area contributed by atoms with Crippen LogP contribution in [-0.4, -0.2) is 86.0 Å². The Morgan fingerprint density at radius 3 is 1.26 bits per heavy atom. The highest BCUT2D eigenvalue weighted by molar-refractivity contribution is 6.01. The molecule has 9 aromatic rings. The Bertz CT molecular complexity index is 3810. The van der Waals surface area contributed by atoms with E-state index in [1.807, 2.05) is 40.1 Å². The van der Waals surface area contributed by atoms with Crippen LogP contribution in [0.1, 0.15) is 125 Å². The van der Waals surface area contributed by atoms with Crippen LogP contribution in [0.25, 0.3) is 16.6 Å². The zero-order chi connectivity index (χ0) is 57.8. The fourth-order valence-corrected chi connectivity index (χ4v) is 11.1. The first-order chi connectivity index (χ1) is 39.6. The lowest BCUT2D eigenvalue weighted by Gasteiger charge is -2.28. The zero-order valence-corrected chi connectivity index (χ0v) is 44.8. The Morgan fingerprint density at radius 1 is 0.512 bits per heavy atom. The lowest BCUT2D eigenvalue weighted by Crippen LogP contribution is -2.23. The fourth-order valence-electron chi connectivity index (χ4n) is 11.1. The van der Waals surface area contributed by atoms with Crippen LogP contribution in [0.2, 0.25) is 0 Å². The van der Waals surface area contributed by atoms with Crippen molar-refractivity contribution in [3.05, 3.63) is 191 Å². The van der Waals surface area contributed by atoms with Crippen LogP contribution in [0.5, 0.6) is 5.75 Å². The number of pyridine rings is 3. The first kappa shape index (κ1) is 56.3. The molecule has 0 spiro atoms. The highest BCUT2D eigenvalue weighted by Gasteiger charge is 2.33. The molecule has 12 rings (SSSR count). The number of fused-ring (bicyclic) bond motifs is 3. The number of ether oxygens (including phenoxy) is 3. The van der Waals surface area contributed by atoms with Gasteiger partial charge in [-0.25, -0.2) is 45.1 Å². The van der Waals surface area contributed by atoms with E-state index in [2.05, 4.69) is 24.9 Å². The number of benzene rings is 3. The van der Waals surface area contributed by atoms with E-state index >= 15 is 0 Å². The minimum absolute atomic E-state index is 0.0544. The van der Waals surface area contributed by atoms with E-state index in [1.165, 1.54) is 55.7 Å². The summed E-state index contributed by atoms with van der Waals surface area (Å²) < 4.78 is 115. The highest BCUT2D eigenvalue weighted by Crippen LogP contribution is 2.42. The van der Waals surface area contributed by atoms with Gasteiger partial charge in [0.15, 0.2) is 5.78 Å². The van der Waals surface area contributed by atoms with Crippen molar-refractivity contribution in [1.29, 1.82) is 0 Å². The van der Waals surface area contributed by atoms with Crippen molar-refractivity contribution in [3.63, 3.8) is 0 Å². The molecule has 3 saturated heterocycles. The average molecular weight is 1130 g/mol. The summed E-state index contributed by atoms with van der Waals surface area (Å²) in [6.45, 7) is 4.66. The summed E-state index contributed by atoms with van der Waals surface area (Å²) in [7, 11) is 0. The van der Waals surface area contributed by atoms with Crippen LogP contribution in [0, 0.1) is 29.1 Å². The molecule has 3 aliphatic rings. The molecule has 0 saturated carbocycles. The van der Waals surface area contributed by atoms with Gasteiger partial charge < -0.3 is 28.9 Å². The standard InChI is InChI=1S/C21H20F3N3O3.C20H19F2N3O2.C19H17F2N3O/c1-2-29-20(28)16-12-25-27-9-7-13(10-19(16)27)26-8-3-4-18(26)15-11-14(30-21(23)24)5-6-17(15)22;1-2-27-20(26)16-12-23-25-9-7-14(11-19(16)25)24-8-3-4-18(24)15-10-13(21)5-6-17(15)22;1-12(25)16-11-22-24-8-6-14(10-19(16)24)23-7-2-3-18(23)15-9-13(20)4-5-17(15)21/h5-7,9-12,18,21H,2-4,8H2,1H3;5-7,9-12,18H,2-4,8H2,1H3;4-6,8-11,18H,2-3,7H2,1H3/t2*18-;/m11./s1. The third-order valence-corrected chi connectivity index (χ3v) is 14.8. The maximum Gasteiger partial charge on any atom is 0.387 e. The number of Topliss-reactive ketones (excluding diaryl/α,β-unsaturated/α-hetero) is 1. The minimum atomic E-state index is -2.98. The van der Waals surface area contributed by atoms with Crippen LogP contribution >= 0.6 is 0 Å². The average Bonchev–Trinajstić information content (AvgIpc) is 3.84.